The standard InChI is InChI=1S/C30H18N4S/c1-2-10-22-19(7-1)13-14-23-24(25-11-3-4-15-31-25)18-27(33-28(22)23)20-8-5-9-21(17-20)29-34-26-12-6-16-32-30(26)35-29/h1-18H. The van der Waals surface area contributed by atoms with Crippen LogP contribution in [0.4, 0.5) is 0 Å². The Labute approximate surface area is 205 Å². The first-order valence-electron chi connectivity index (χ1n) is 11.4. The van der Waals surface area contributed by atoms with Crippen molar-refractivity contribution in [3.8, 4) is 33.1 Å². The molecular formula is C30H18N4S. The van der Waals surface area contributed by atoms with Crippen LogP contribution in [0, 0.1) is 0 Å². The number of pyridine rings is 3. The molecule has 4 aromatic heterocycles. The number of hydrogen-bond acceptors (Lipinski definition) is 5. The minimum absolute atomic E-state index is 0.913. The molecule has 3 aromatic carbocycles. The summed E-state index contributed by atoms with van der Waals surface area (Å²) >= 11 is 1.61. The minimum Gasteiger partial charge on any atom is -0.256 e. The monoisotopic (exact) mass is 466 g/mol. The van der Waals surface area contributed by atoms with E-state index in [1.807, 2.05) is 36.7 Å². The lowest BCUT2D eigenvalue weighted by Gasteiger charge is -2.12. The van der Waals surface area contributed by atoms with Gasteiger partial charge >= 0.3 is 0 Å². The molecule has 0 aliphatic rings. The Kier molecular flexibility index (Phi) is 4.60. The summed E-state index contributed by atoms with van der Waals surface area (Å²) in [6.07, 6.45) is 3.65. The Morgan fingerprint density at radius 3 is 2.37 bits per heavy atom. The van der Waals surface area contributed by atoms with Crippen LogP contribution in [-0.4, -0.2) is 19.9 Å². The largest absolute Gasteiger partial charge is 0.256 e. The average molecular weight is 467 g/mol. The second-order valence-corrected chi connectivity index (χ2v) is 9.36. The van der Waals surface area contributed by atoms with Crippen LogP contribution in [-0.2, 0) is 0 Å². The molecule has 0 amide bonds. The molecule has 0 spiro atoms. The van der Waals surface area contributed by atoms with Crippen molar-refractivity contribution in [1.29, 1.82) is 0 Å². The zero-order valence-electron chi connectivity index (χ0n) is 18.6. The van der Waals surface area contributed by atoms with Crippen molar-refractivity contribution in [2.75, 3.05) is 0 Å². The number of benzene rings is 3. The first kappa shape index (κ1) is 19.9. The lowest BCUT2D eigenvalue weighted by molar-refractivity contribution is 1.32. The van der Waals surface area contributed by atoms with Gasteiger partial charge in [0, 0.05) is 39.9 Å². The molecule has 7 aromatic rings. The smallest absolute Gasteiger partial charge is 0.143 e. The summed E-state index contributed by atoms with van der Waals surface area (Å²) in [5, 5.41) is 4.36. The first-order valence-corrected chi connectivity index (χ1v) is 12.2. The number of fused-ring (bicyclic) bond motifs is 4. The number of aromatic nitrogens is 4. The molecule has 0 aliphatic heterocycles. The van der Waals surface area contributed by atoms with Gasteiger partial charge in [0.15, 0.2) is 0 Å². The van der Waals surface area contributed by atoms with Crippen LogP contribution >= 0.6 is 11.3 Å². The Morgan fingerprint density at radius 1 is 0.571 bits per heavy atom. The van der Waals surface area contributed by atoms with Gasteiger partial charge in [-0.3, -0.25) is 4.98 Å². The second kappa shape index (κ2) is 8.08. The number of rotatable bonds is 3. The molecule has 0 aliphatic carbocycles. The predicted molar refractivity (Wildman–Crippen MR) is 144 cm³/mol. The van der Waals surface area contributed by atoms with Crippen molar-refractivity contribution in [3.05, 3.63) is 109 Å². The third-order valence-corrected chi connectivity index (χ3v) is 7.24. The van der Waals surface area contributed by atoms with Gasteiger partial charge in [0.2, 0.25) is 0 Å². The van der Waals surface area contributed by atoms with Crippen LogP contribution in [0.25, 0.3) is 65.1 Å². The Hall–Kier alpha value is -4.48. The third-order valence-electron chi connectivity index (χ3n) is 6.22. The molecule has 164 valence electrons. The van der Waals surface area contributed by atoms with Crippen LogP contribution in [0.1, 0.15) is 0 Å². The summed E-state index contributed by atoms with van der Waals surface area (Å²) in [6, 6.07) is 33.3. The van der Waals surface area contributed by atoms with Gasteiger partial charge in [-0.05, 0) is 41.8 Å². The highest BCUT2D eigenvalue weighted by molar-refractivity contribution is 7.21. The molecule has 35 heavy (non-hydrogen) atoms. The molecule has 7 rings (SSSR count). The van der Waals surface area contributed by atoms with Gasteiger partial charge < -0.3 is 0 Å². The molecule has 5 heteroatoms. The maximum Gasteiger partial charge on any atom is 0.143 e. The van der Waals surface area contributed by atoms with E-state index in [4.69, 9.17) is 9.97 Å². The van der Waals surface area contributed by atoms with Crippen molar-refractivity contribution >= 4 is 43.4 Å². The van der Waals surface area contributed by atoms with Gasteiger partial charge in [-0.2, -0.15) is 0 Å². The molecule has 0 atom stereocenters. The van der Waals surface area contributed by atoms with Crippen molar-refractivity contribution in [1.82, 2.24) is 19.9 Å². The summed E-state index contributed by atoms with van der Waals surface area (Å²) in [5.41, 5.74) is 6.93. The fraction of sp³-hybridized carbons (Fsp3) is 0. The van der Waals surface area contributed by atoms with Crippen molar-refractivity contribution < 1.29 is 0 Å². The van der Waals surface area contributed by atoms with E-state index in [0.717, 1.165) is 59.7 Å². The van der Waals surface area contributed by atoms with E-state index in [-0.39, 0.29) is 0 Å². The zero-order chi connectivity index (χ0) is 23.2. The van der Waals surface area contributed by atoms with Gasteiger partial charge in [-0.25, -0.2) is 15.0 Å². The van der Waals surface area contributed by atoms with Crippen molar-refractivity contribution in [2.45, 2.75) is 0 Å². The molecule has 4 nitrogen and oxygen atoms in total. The summed E-state index contributed by atoms with van der Waals surface area (Å²) in [4.78, 5) is 20.0. The lowest BCUT2D eigenvalue weighted by Crippen LogP contribution is -1.92. The molecule has 0 bridgehead atoms. The molecule has 0 radical (unpaired) electrons. The van der Waals surface area contributed by atoms with E-state index in [1.165, 1.54) is 5.39 Å². The third kappa shape index (κ3) is 3.45. The Balaban J connectivity index is 1.47. The van der Waals surface area contributed by atoms with Crippen molar-refractivity contribution in [3.63, 3.8) is 0 Å². The first-order chi connectivity index (χ1) is 17.3. The fourth-order valence-electron chi connectivity index (χ4n) is 4.55. The van der Waals surface area contributed by atoms with E-state index >= 15 is 0 Å². The maximum absolute atomic E-state index is 5.18. The number of nitrogens with zero attached hydrogens (tertiary/aromatic N) is 4. The van der Waals surface area contributed by atoms with Gasteiger partial charge in [-0.1, -0.05) is 72.0 Å². The normalized spacial score (nSPS) is 11.4. The van der Waals surface area contributed by atoms with Crippen LogP contribution in [0.5, 0.6) is 0 Å². The molecular weight excluding hydrogens is 448 g/mol. The quantitative estimate of drug-likeness (QED) is 0.249. The summed E-state index contributed by atoms with van der Waals surface area (Å²) in [6.45, 7) is 0. The van der Waals surface area contributed by atoms with Crippen LogP contribution in [0.15, 0.2) is 109 Å². The highest BCUT2D eigenvalue weighted by atomic mass is 32.1. The van der Waals surface area contributed by atoms with Gasteiger partial charge in [0.05, 0.1) is 16.9 Å². The van der Waals surface area contributed by atoms with E-state index in [1.54, 1.807) is 11.3 Å². The predicted octanol–water partition coefficient (Wildman–Crippen LogP) is 7.79. The zero-order valence-corrected chi connectivity index (χ0v) is 19.4. The molecule has 0 saturated carbocycles. The van der Waals surface area contributed by atoms with Crippen LogP contribution < -0.4 is 0 Å². The Bertz CT molecular complexity index is 1820. The van der Waals surface area contributed by atoms with E-state index in [9.17, 15) is 0 Å². The van der Waals surface area contributed by atoms with E-state index in [2.05, 4.69) is 82.8 Å². The summed E-state index contributed by atoms with van der Waals surface area (Å²) in [5.74, 6) is 0. The lowest BCUT2D eigenvalue weighted by atomic mass is 9.97. The molecule has 0 N–H and O–H groups in total. The highest BCUT2D eigenvalue weighted by Gasteiger charge is 2.14. The van der Waals surface area contributed by atoms with Crippen molar-refractivity contribution in [2.24, 2.45) is 0 Å². The summed E-state index contributed by atoms with van der Waals surface area (Å²) < 4.78 is 0. The summed E-state index contributed by atoms with van der Waals surface area (Å²) in [7, 11) is 0. The molecule has 0 fully saturated rings. The van der Waals surface area contributed by atoms with Crippen LogP contribution in [0.2, 0.25) is 0 Å². The fourth-order valence-corrected chi connectivity index (χ4v) is 5.45. The van der Waals surface area contributed by atoms with E-state index < -0.39 is 0 Å². The van der Waals surface area contributed by atoms with E-state index in [0.29, 0.717) is 0 Å². The number of hydrogen-bond donors (Lipinski definition) is 0. The number of thiazole rings is 1. The topological polar surface area (TPSA) is 51.6 Å². The SMILES string of the molecule is c1ccc(-c2cc(-c3cccc(-c4nc5cccnc5s4)c3)nc3c2ccc2ccccc23)nc1. The highest BCUT2D eigenvalue weighted by Crippen LogP contribution is 2.36. The molecule has 0 unspecified atom stereocenters. The van der Waals surface area contributed by atoms with Gasteiger partial charge in [0.1, 0.15) is 15.4 Å². The Morgan fingerprint density at radius 2 is 1.46 bits per heavy atom. The van der Waals surface area contributed by atoms with Crippen LogP contribution in [0.3, 0.4) is 0 Å². The minimum atomic E-state index is 0.913. The average Bonchev–Trinajstić information content (AvgIpc) is 3.37. The van der Waals surface area contributed by atoms with Gasteiger partial charge in [-0.15, -0.1) is 0 Å². The van der Waals surface area contributed by atoms with Gasteiger partial charge in [0.25, 0.3) is 0 Å². The molecule has 4 heterocycles. The second-order valence-electron chi connectivity index (χ2n) is 8.38. The molecule has 0 saturated heterocycles. The maximum atomic E-state index is 5.18.